The van der Waals surface area contributed by atoms with Crippen LogP contribution in [0.2, 0.25) is 0 Å². The van der Waals surface area contributed by atoms with Gasteiger partial charge in [-0.1, -0.05) is 11.8 Å². The van der Waals surface area contributed by atoms with Crippen LogP contribution in [0.5, 0.6) is 0 Å². The van der Waals surface area contributed by atoms with Gasteiger partial charge in [-0.3, -0.25) is 4.79 Å². The molecular weight excluding hydrogens is 407 g/mol. The Morgan fingerprint density at radius 1 is 1.45 bits per heavy atom. The Morgan fingerprint density at radius 3 is 2.62 bits per heavy atom. The predicted molar refractivity (Wildman–Crippen MR) is 100 cm³/mol. The molecule has 1 saturated carbocycles. The normalized spacial score (nSPS) is 14.8. The average Bonchev–Trinajstić information content (AvgIpc) is 3.48. The molecule has 158 valence electrons. The van der Waals surface area contributed by atoms with Crippen molar-refractivity contribution < 1.29 is 27.5 Å². The summed E-state index contributed by atoms with van der Waals surface area (Å²) in [6.07, 6.45) is -2.87. The van der Waals surface area contributed by atoms with Crippen molar-refractivity contribution in [1.29, 1.82) is 5.26 Å². The number of hydrogen-bond acceptors (Lipinski definition) is 6. The van der Waals surface area contributed by atoms with Crippen LogP contribution in [0.15, 0.2) is 11.1 Å². The third-order valence-electron chi connectivity index (χ3n) is 4.59. The maximum atomic E-state index is 12.9. The van der Waals surface area contributed by atoms with Gasteiger partial charge in [0.2, 0.25) is 5.91 Å². The van der Waals surface area contributed by atoms with E-state index >= 15 is 0 Å². The number of rotatable bonds is 8. The van der Waals surface area contributed by atoms with Crippen molar-refractivity contribution in [3.63, 3.8) is 0 Å². The summed E-state index contributed by atoms with van der Waals surface area (Å²) in [7, 11) is 0. The first-order chi connectivity index (χ1) is 13.6. The van der Waals surface area contributed by atoms with Crippen molar-refractivity contribution >= 4 is 23.6 Å². The Morgan fingerprint density at radius 2 is 2.10 bits per heavy atom. The highest BCUT2D eigenvalue weighted by Crippen LogP contribution is 2.36. The molecule has 1 aliphatic rings. The topological polar surface area (TPSA) is 83.3 Å². The van der Waals surface area contributed by atoms with Gasteiger partial charge in [-0.15, -0.1) is 0 Å². The summed E-state index contributed by atoms with van der Waals surface area (Å²) in [6, 6.07) is 2.73. The molecular formula is C19H22F3N3O3S. The molecule has 0 aliphatic heterocycles. The van der Waals surface area contributed by atoms with E-state index in [1.807, 2.05) is 6.07 Å². The molecule has 0 radical (unpaired) electrons. The Balaban J connectivity index is 2.16. The van der Waals surface area contributed by atoms with Gasteiger partial charge in [0.1, 0.15) is 17.6 Å². The summed E-state index contributed by atoms with van der Waals surface area (Å²) >= 11 is 0.887. The van der Waals surface area contributed by atoms with E-state index in [-0.39, 0.29) is 34.4 Å². The molecule has 0 bridgehead atoms. The first kappa shape index (κ1) is 23.0. The second-order valence-corrected chi connectivity index (χ2v) is 7.77. The smallest absolute Gasteiger partial charge is 0.406 e. The van der Waals surface area contributed by atoms with Crippen LogP contribution in [-0.2, 0) is 9.53 Å². The third kappa shape index (κ3) is 6.35. The number of esters is 1. The van der Waals surface area contributed by atoms with E-state index < -0.39 is 30.6 Å². The molecule has 1 aromatic rings. The lowest BCUT2D eigenvalue weighted by atomic mass is 10.1. The van der Waals surface area contributed by atoms with Gasteiger partial charge < -0.3 is 9.64 Å². The minimum absolute atomic E-state index is 0.0639. The van der Waals surface area contributed by atoms with Gasteiger partial charge in [0.25, 0.3) is 0 Å². The highest BCUT2D eigenvalue weighted by atomic mass is 32.2. The molecule has 1 heterocycles. The number of aryl methyl sites for hydroxylation is 1. The fraction of sp³-hybridized carbons (Fsp3) is 0.579. The van der Waals surface area contributed by atoms with E-state index in [1.54, 1.807) is 20.8 Å². The van der Waals surface area contributed by atoms with Crippen LogP contribution < -0.4 is 0 Å². The Bertz CT molecular complexity index is 819. The lowest BCUT2D eigenvalue weighted by Gasteiger charge is -2.30. The number of carbonyl (C=O) groups is 2. The van der Waals surface area contributed by atoms with Crippen LogP contribution in [0.25, 0.3) is 0 Å². The largest absolute Gasteiger partial charge is 0.462 e. The predicted octanol–water partition coefficient (Wildman–Crippen LogP) is 3.72. The van der Waals surface area contributed by atoms with Gasteiger partial charge in [-0.05, 0) is 45.6 Å². The van der Waals surface area contributed by atoms with E-state index in [2.05, 4.69) is 4.98 Å². The Labute approximate surface area is 171 Å². The zero-order valence-corrected chi connectivity index (χ0v) is 17.2. The third-order valence-corrected chi connectivity index (χ3v) is 5.57. The molecule has 1 unspecified atom stereocenters. The maximum Gasteiger partial charge on any atom is 0.406 e. The van der Waals surface area contributed by atoms with Crippen LogP contribution >= 0.6 is 11.8 Å². The molecule has 1 fully saturated rings. The first-order valence-electron chi connectivity index (χ1n) is 9.15. The summed E-state index contributed by atoms with van der Waals surface area (Å²) < 4.78 is 43.7. The molecule has 6 nitrogen and oxygen atoms in total. The van der Waals surface area contributed by atoms with Crippen molar-refractivity contribution in [2.45, 2.75) is 50.9 Å². The summed E-state index contributed by atoms with van der Waals surface area (Å²) in [5, 5.41) is 9.53. The average molecular weight is 429 g/mol. The van der Waals surface area contributed by atoms with Crippen molar-refractivity contribution in [3.8, 4) is 6.07 Å². The summed E-state index contributed by atoms with van der Waals surface area (Å²) in [5.74, 6) is -1.47. The maximum absolute atomic E-state index is 12.9. The van der Waals surface area contributed by atoms with Crippen molar-refractivity contribution in [3.05, 3.63) is 22.9 Å². The molecule has 1 amide bonds. The molecule has 1 aromatic heterocycles. The highest BCUT2D eigenvalue weighted by Gasteiger charge is 2.40. The van der Waals surface area contributed by atoms with Gasteiger partial charge in [-0.2, -0.15) is 18.4 Å². The minimum atomic E-state index is -4.49. The molecule has 0 aromatic carbocycles. The number of pyridine rings is 1. The fourth-order valence-corrected chi connectivity index (χ4v) is 3.78. The standard InChI is InChI=1S/C19H22F3N3O3S/c1-4-28-18(27)15-7-14(8-23)17(24-11(15)2)29-9-16(26)25(10-19(20,21)22)12(3)13-5-6-13/h7,12-13H,4-6,9-10H2,1-3H3. The number of hydrogen-bond donors (Lipinski definition) is 0. The molecule has 0 saturated heterocycles. The number of halogens is 3. The highest BCUT2D eigenvalue weighted by molar-refractivity contribution is 8.00. The number of nitrogens with zero attached hydrogens (tertiary/aromatic N) is 3. The second kappa shape index (κ2) is 9.48. The Kier molecular flexibility index (Phi) is 7.52. The van der Waals surface area contributed by atoms with E-state index in [4.69, 9.17) is 4.74 Å². The molecule has 0 N–H and O–H groups in total. The van der Waals surface area contributed by atoms with Gasteiger partial charge in [0, 0.05) is 6.04 Å². The summed E-state index contributed by atoms with van der Waals surface area (Å²) in [6.45, 7) is 3.70. The van der Waals surface area contributed by atoms with Crippen molar-refractivity contribution in [2.75, 3.05) is 18.9 Å². The van der Waals surface area contributed by atoms with Gasteiger partial charge >= 0.3 is 12.1 Å². The number of aromatic nitrogens is 1. The number of ether oxygens (including phenoxy) is 1. The van der Waals surface area contributed by atoms with E-state index in [0.29, 0.717) is 5.69 Å². The number of thioether (sulfide) groups is 1. The van der Waals surface area contributed by atoms with Crippen LogP contribution in [-0.4, -0.2) is 52.9 Å². The van der Waals surface area contributed by atoms with Crippen LogP contribution in [0.1, 0.15) is 48.3 Å². The van der Waals surface area contributed by atoms with Gasteiger partial charge in [0.05, 0.1) is 29.2 Å². The number of alkyl halides is 3. The van der Waals surface area contributed by atoms with Crippen molar-refractivity contribution in [1.82, 2.24) is 9.88 Å². The quantitative estimate of drug-likeness (QED) is 0.463. The molecule has 1 atom stereocenters. The number of carbonyl (C=O) groups excluding carboxylic acids is 2. The zero-order valence-electron chi connectivity index (χ0n) is 16.4. The van der Waals surface area contributed by atoms with Crippen LogP contribution in [0.4, 0.5) is 13.2 Å². The summed E-state index contributed by atoms with van der Waals surface area (Å²) in [4.78, 5) is 29.5. The minimum Gasteiger partial charge on any atom is -0.462 e. The monoisotopic (exact) mass is 429 g/mol. The SMILES string of the molecule is CCOC(=O)c1cc(C#N)c(SCC(=O)N(CC(F)(F)F)C(C)C2CC2)nc1C. The molecule has 2 rings (SSSR count). The van der Waals surface area contributed by atoms with E-state index in [9.17, 15) is 28.0 Å². The second-order valence-electron chi connectivity index (χ2n) is 6.81. The summed E-state index contributed by atoms with van der Waals surface area (Å²) in [5.41, 5.74) is 0.519. The Hall–Kier alpha value is -2.28. The number of amides is 1. The molecule has 29 heavy (non-hydrogen) atoms. The van der Waals surface area contributed by atoms with E-state index in [1.165, 1.54) is 6.07 Å². The number of nitriles is 1. The fourth-order valence-electron chi connectivity index (χ4n) is 2.89. The van der Waals surface area contributed by atoms with Crippen LogP contribution in [0.3, 0.4) is 0 Å². The van der Waals surface area contributed by atoms with Crippen LogP contribution in [0, 0.1) is 24.2 Å². The molecule has 0 spiro atoms. The van der Waals surface area contributed by atoms with Crippen molar-refractivity contribution in [2.24, 2.45) is 5.92 Å². The lowest BCUT2D eigenvalue weighted by Crippen LogP contribution is -2.46. The lowest BCUT2D eigenvalue weighted by molar-refractivity contribution is -0.164. The van der Waals surface area contributed by atoms with Gasteiger partial charge in [-0.25, -0.2) is 9.78 Å². The molecule has 10 heteroatoms. The molecule has 1 aliphatic carbocycles. The first-order valence-corrected chi connectivity index (χ1v) is 10.1. The zero-order chi connectivity index (χ0) is 21.8. The van der Waals surface area contributed by atoms with E-state index in [0.717, 1.165) is 29.5 Å². The van der Waals surface area contributed by atoms with Gasteiger partial charge in [0.15, 0.2) is 0 Å².